The van der Waals surface area contributed by atoms with Crippen LogP contribution >= 0.6 is 0 Å². The molecule has 32 heavy (non-hydrogen) atoms. The number of halogens is 2. The Morgan fingerprint density at radius 3 is 2.78 bits per heavy atom. The van der Waals surface area contributed by atoms with E-state index in [2.05, 4.69) is 4.98 Å². The molecule has 0 radical (unpaired) electrons. The summed E-state index contributed by atoms with van der Waals surface area (Å²) in [4.78, 5) is 16.0. The highest BCUT2D eigenvalue weighted by atomic mass is 19.2. The third-order valence-electron chi connectivity index (χ3n) is 6.15. The van der Waals surface area contributed by atoms with E-state index in [4.69, 9.17) is 9.15 Å². The van der Waals surface area contributed by atoms with Gasteiger partial charge in [0, 0.05) is 12.0 Å². The Morgan fingerprint density at radius 1 is 1.25 bits per heavy atom. The van der Waals surface area contributed by atoms with Crippen LogP contribution in [0.3, 0.4) is 0 Å². The van der Waals surface area contributed by atoms with Gasteiger partial charge in [-0.25, -0.2) is 13.8 Å². The molecule has 0 saturated heterocycles. The number of oxazole rings is 1. The van der Waals surface area contributed by atoms with Gasteiger partial charge in [0.05, 0.1) is 18.2 Å². The number of fused-ring (bicyclic) bond motifs is 1. The van der Waals surface area contributed by atoms with E-state index in [1.165, 1.54) is 6.07 Å². The molecule has 5 nitrogen and oxygen atoms in total. The Bertz CT molecular complexity index is 1140. The second kappa shape index (κ2) is 9.10. The van der Waals surface area contributed by atoms with Crippen LogP contribution in [0.15, 0.2) is 40.8 Å². The van der Waals surface area contributed by atoms with Crippen molar-refractivity contribution in [2.75, 3.05) is 6.61 Å². The molecule has 0 amide bonds. The molecule has 2 atom stereocenters. The van der Waals surface area contributed by atoms with E-state index in [9.17, 15) is 18.7 Å². The van der Waals surface area contributed by atoms with Crippen LogP contribution in [-0.4, -0.2) is 22.7 Å². The Labute approximate surface area is 185 Å². The standard InChI is InChI=1S/C25H25F2NO4/c1-3-18(25(29)30)20-7-4-15-12-17(6-8-19(15)20)31-11-10-23-14(2)32-24(28-23)16-5-9-21(26)22(27)13-16/h5-6,8-9,12-13,18,20H,3-4,7,10-11H2,1-2H3,(H,29,30). The highest BCUT2D eigenvalue weighted by molar-refractivity contribution is 5.72. The van der Waals surface area contributed by atoms with Crippen molar-refractivity contribution in [3.8, 4) is 17.2 Å². The number of nitrogens with zero attached hydrogens (tertiary/aromatic N) is 1. The lowest BCUT2D eigenvalue weighted by atomic mass is 9.85. The molecular formula is C25H25F2NO4. The first-order chi connectivity index (χ1) is 15.4. The number of carboxylic acid groups (broad SMARTS) is 1. The van der Waals surface area contributed by atoms with E-state index >= 15 is 0 Å². The van der Waals surface area contributed by atoms with E-state index in [1.54, 1.807) is 6.92 Å². The summed E-state index contributed by atoms with van der Waals surface area (Å²) in [5.41, 5.74) is 3.32. The molecule has 0 bridgehead atoms. The van der Waals surface area contributed by atoms with Crippen LogP contribution in [0.5, 0.6) is 5.75 Å². The van der Waals surface area contributed by atoms with Crippen molar-refractivity contribution in [2.45, 2.75) is 45.4 Å². The van der Waals surface area contributed by atoms with Crippen LogP contribution in [0, 0.1) is 24.5 Å². The molecule has 0 saturated carbocycles. The molecule has 1 aromatic heterocycles. The van der Waals surface area contributed by atoms with Crippen LogP contribution in [0.25, 0.3) is 11.5 Å². The summed E-state index contributed by atoms with van der Waals surface area (Å²) < 4.78 is 38.2. The van der Waals surface area contributed by atoms with Crippen molar-refractivity contribution in [3.63, 3.8) is 0 Å². The third-order valence-corrected chi connectivity index (χ3v) is 6.15. The largest absolute Gasteiger partial charge is 0.493 e. The van der Waals surface area contributed by atoms with Gasteiger partial charge in [0.25, 0.3) is 0 Å². The number of benzene rings is 2. The maximum Gasteiger partial charge on any atom is 0.307 e. The van der Waals surface area contributed by atoms with Gasteiger partial charge in [-0.2, -0.15) is 0 Å². The Balaban J connectivity index is 1.40. The normalized spacial score (nSPS) is 16.1. The van der Waals surface area contributed by atoms with E-state index in [-0.39, 0.29) is 17.7 Å². The van der Waals surface area contributed by atoms with Gasteiger partial charge in [-0.05, 0) is 73.6 Å². The number of aryl methyl sites for hydroxylation is 2. The molecule has 7 heteroatoms. The zero-order valence-corrected chi connectivity index (χ0v) is 18.0. The third kappa shape index (κ3) is 4.38. The summed E-state index contributed by atoms with van der Waals surface area (Å²) in [6.07, 6.45) is 2.80. The molecule has 1 heterocycles. The fourth-order valence-electron chi connectivity index (χ4n) is 4.44. The lowest BCUT2D eigenvalue weighted by molar-refractivity contribution is -0.142. The maximum atomic E-state index is 13.5. The maximum absolute atomic E-state index is 13.5. The molecule has 1 aliphatic rings. The highest BCUT2D eigenvalue weighted by Gasteiger charge is 2.33. The van der Waals surface area contributed by atoms with Crippen LogP contribution in [0.1, 0.15) is 48.3 Å². The number of carbonyl (C=O) groups is 1. The number of carboxylic acids is 1. The molecular weight excluding hydrogens is 416 g/mol. The second-order valence-corrected chi connectivity index (χ2v) is 8.11. The van der Waals surface area contributed by atoms with Gasteiger partial charge in [0.15, 0.2) is 11.6 Å². The first kappa shape index (κ1) is 22.0. The fourth-order valence-corrected chi connectivity index (χ4v) is 4.44. The van der Waals surface area contributed by atoms with Crippen molar-refractivity contribution in [3.05, 3.63) is 70.6 Å². The number of aliphatic carboxylic acids is 1. The first-order valence-corrected chi connectivity index (χ1v) is 10.8. The van der Waals surface area contributed by atoms with Gasteiger partial charge in [-0.1, -0.05) is 13.0 Å². The van der Waals surface area contributed by atoms with Crippen molar-refractivity contribution in [1.29, 1.82) is 0 Å². The summed E-state index contributed by atoms with van der Waals surface area (Å²) >= 11 is 0. The molecule has 1 aliphatic carbocycles. The molecule has 4 rings (SSSR count). The molecule has 0 fully saturated rings. The second-order valence-electron chi connectivity index (χ2n) is 8.11. The topological polar surface area (TPSA) is 72.6 Å². The minimum atomic E-state index is -0.948. The van der Waals surface area contributed by atoms with E-state index < -0.39 is 17.6 Å². The number of ether oxygens (including phenoxy) is 1. The average molecular weight is 441 g/mol. The first-order valence-electron chi connectivity index (χ1n) is 10.8. The predicted octanol–water partition coefficient (Wildman–Crippen LogP) is 5.69. The molecule has 1 N–H and O–H groups in total. The molecule has 2 aromatic carbocycles. The van der Waals surface area contributed by atoms with Crippen molar-refractivity contribution >= 4 is 5.97 Å². The zero-order chi connectivity index (χ0) is 22.8. The van der Waals surface area contributed by atoms with Gasteiger partial charge < -0.3 is 14.3 Å². The summed E-state index contributed by atoms with van der Waals surface area (Å²) in [5.74, 6) is -1.34. The fraction of sp³-hybridized carbons (Fsp3) is 0.360. The monoisotopic (exact) mass is 441 g/mol. The summed E-state index contributed by atoms with van der Waals surface area (Å²) in [6.45, 7) is 4.06. The number of hydrogen-bond acceptors (Lipinski definition) is 4. The van der Waals surface area contributed by atoms with Crippen molar-refractivity contribution in [1.82, 2.24) is 4.98 Å². The summed E-state index contributed by atoms with van der Waals surface area (Å²) in [7, 11) is 0. The van der Waals surface area contributed by atoms with Crippen LogP contribution < -0.4 is 4.74 Å². The molecule has 3 aromatic rings. The van der Waals surface area contributed by atoms with Gasteiger partial charge in [0.1, 0.15) is 11.5 Å². The Hall–Kier alpha value is -3.22. The number of rotatable bonds is 8. The van der Waals surface area contributed by atoms with E-state index in [0.29, 0.717) is 36.5 Å². The molecule has 168 valence electrons. The van der Waals surface area contributed by atoms with E-state index in [1.807, 2.05) is 25.1 Å². The van der Waals surface area contributed by atoms with E-state index in [0.717, 1.165) is 41.9 Å². The minimum Gasteiger partial charge on any atom is -0.493 e. The summed E-state index contributed by atoms with van der Waals surface area (Å²) in [6, 6.07) is 9.39. The van der Waals surface area contributed by atoms with Crippen molar-refractivity contribution < 1.29 is 27.8 Å². The summed E-state index contributed by atoms with van der Waals surface area (Å²) in [5, 5.41) is 9.49. The Morgan fingerprint density at radius 2 is 2.06 bits per heavy atom. The van der Waals surface area contributed by atoms with Crippen LogP contribution in [-0.2, 0) is 17.6 Å². The van der Waals surface area contributed by atoms with Gasteiger partial charge in [0.2, 0.25) is 5.89 Å². The predicted molar refractivity (Wildman–Crippen MR) is 115 cm³/mol. The smallest absolute Gasteiger partial charge is 0.307 e. The highest BCUT2D eigenvalue weighted by Crippen LogP contribution is 2.41. The zero-order valence-electron chi connectivity index (χ0n) is 18.0. The molecule has 0 spiro atoms. The number of aromatic nitrogens is 1. The Kier molecular flexibility index (Phi) is 6.26. The average Bonchev–Trinajstić information content (AvgIpc) is 3.34. The van der Waals surface area contributed by atoms with Gasteiger partial charge in [-0.3, -0.25) is 4.79 Å². The molecule has 2 unspecified atom stereocenters. The lowest BCUT2D eigenvalue weighted by Gasteiger charge is -2.19. The van der Waals surface area contributed by atoms with Crippen LogP contribution in [0.4, 0.5) is 8.78 Å². The number of hydrogen-bond donors (Lipinski definition) is 1. The van der Waals surface area contributed by atoms with Crippen molar-refractivity contribution in [2.24, 2.45) is 5.92 Å². The van der Waals surface area contributed by atoms with Gasteiger partial charge in [-0.15, -0.1) is 0 Å². The molecule has 0 aliphatic heterocycles. The SMILES string of the molecule is CCC(C(=O)O)C1CCc2cc(OCCc3nc(-c4ccc(F)c(F)c4)oc3C)ccc21. The minimum absolute atomic E-state index is 0.0500. The van der Waals surface area contributed by atoms with Crippen LogP contribution in [0.2, 0.25) is 0 Å². The van der Waals surface area contributed by atoms with Gasteiger partial charge >= 0.3 is 5.97 Å². The quantitative estimate of drug-likeness (QED) is 0.486. The lowest BCUT2D eigenvalue weighted by Crippen LogP contribution is -2.19.